The van der Waals surface area contributed by atoms with E-state index in [9.17, 15) is 9.18 Å². The Labute approximate surface area is 212 Å². The Morgan fingerprint density at radius 2 is 2.11 bits per heavy atom. The van der Waals surface area contributed by atoms with Gasteiger partial charge in [-0.25, -0.2) is 14.4 Å². The van der Waals surface area contributed by atoms with Gasteiger partial charge in [0.1, 0.15) is 17.2 Å². The van der Waals surface area contributed by atoms with Gasteiger partial charge in [0, 0.05) is 56.7 Å². The molecule has 6 rings (SSSR count). The molecule has 2 atom stereocenters. The molecule has 37 heavy (non-hydrogen) atoms. The average Bonchev–Trinajstić information content (AvgIpc) is 3.49. The normalized spacial score (nSPS) is 18.0. The first kappa shape index (κ1) is 23.1. The predicted molar refractivity (Wildman–Crippen MR) is 140 cm³/mol. The quantitative estimate of drug-likeness (QED) is 0.382. The zero-order valence-electron chi connectivity index (χ0n) is 20.6. The number of carbonyl (C=O) groups is 1. The summed E-state index contributed by atoms with van der Waals surface area (Å²) in [5, 5.41) is 15.9. The Morgan fingerprint density at radius 1 is 1.24 bits per heavy atom. The molecule has 4 heterocycles. The van der Waals surface area contributed by atoms with Gasteiger partial charge in [-0.05, 0) is 36.1 Å². The van der Waals surface area contributed by atoms with Gasteiger partial charge < -0.3 is 10.2 Å². The Bertz CT molecular complexity index is 1610. The van der Waals surface area contributed by atoms with Gasteiger partial charge in [0.05, 0.1) is 17.4 Å². The summed E-state index contributed by atoms with van der Waals surface area (Å²) in [4.78, 5) is 23.3. The summed E-state index contributed by atoms with van der Waals surface area (Å²) in [6.45, 7) is 3.28. The Morgan fingerprint density at radius 3 is 2.95 bits per heavy atom. The molecule has 3 aromatic heterocycles. The smallest absolute Gasteiger partial charge is 0.216 e. The molecule has 0 aliphatic carbocycles. The van der Waals surface area contributed by atoms with Crippen molar-refractivity contribution in [3.05, 3.63) is 66.2 Å². The monoisotopic (exact) mass is 498 g/mol. The summed E-state index contributed by atoms with van der Waals surface area (Å²) in [6, 6.07) is 12.9. The molecule has 1 aliphatic heterocycles. The SMILES string of the molecule is CC(=O)NC[C@H]1CN(c2cnc3c(-c4ccc5nn(C)cc5c4)[nH]nc3n2)CC[C@H]1c1ccccc1F. The van der Waals surface area contributed by atoms with E-state index < -0.39 is 0 Å². The van der Waals surface area contributed by atoms with Crippen LogP contribution in [0.3, 0.4) is 0 Å². The lowest BCUT2D eigenvalue weighted by molar-refractivity contribution is -0.119. The number of anilines is 1. The number of nitrogens with zero attached hydrogens (tertiary/aromatic N) is 6. The van der Waals surface area contributed by atoms with E-state index in [1.165, 1.54) is 13.0 Å². The van der Waals surface area contributed by atoms with Gasteiger partial charge in [-0.1, -0.05) is 24.3 Å². The zero-order chi connectivity index (χ0) is 25.5. The molecule has 0 spiro atoms. The van der Waals surface area contributed by atoms with Crippen LogP contribution in [0, 0.1) is 11.7 Å². The largest absolute Gasteiger partial charge is 0.356 e. The molecule has 1 fully saturated rings. The Hall–Kier alpha value is -4.34. The van der Waals surface area contributed by atoms with E-state index in [-0.39, 0.29) is 23.6 Å². The number of hydrogen-bond acceptors (Lipinski definition) is 6. The number of aromatic amines is 1. The van der Waals surface area contributed by atoms with Crippen LogP contribution in [-0.2, 0) is 11.8 Å². The van der Waals surface area contributed by atoms with E-state index in [0.29, 0.717) is 42.2 Å². The Kier molecular flexibility index (Phi) is 5.78. The highest BCUT2D eigenvalue weighted by molar-refractivity contribution is 5.92. The van der Waals surface area contributed by atoms with Gasteiger partial charge in [-0.2, -0.15) is 10.2 Å². The molecule has 0 bridgehead atoms. The summed E-state index contributed by atoms with van der Waals surface area (Å²) < 4.78 is 16.4. The van der Waals surface area contributed by atoms with E-state index in [2.05, 4.69) is 31.6 Å². The maximum absolute atomic E-state index is 14.6. The molecule has 1 amide bonds. The van der Waals surface area contributed by atoms with Gasteiger partial charge in [0.25, 0.3) is 0 Å². The molecule has 188 valence electrons. The van der Waals surface area contributed by atoms with Crippen LogP contribution in [0.4, 0.5) is 10.2 Å². The number of H-pyrrole nitrogens is 1. The van der Waals surface area contributed by atoms with E-state index in [1.807, 2.05) is 37.5 Å². The lowest BCUT2D eigenvalue weighted by atomic mass is 9.80. The number of halogens is 1. The number of benzene rings is 2. The lowest BCUT2D eigenvalue weighted by Crippen LogP contribution is -2.45. The summed E-state index contributed by atoms with van der Waals surface area (Å²) in [5.74, 6) is 0.434. The van der Waals surface area contributed by atoms with Gasteiger partial charge in [-0.3, -0.25) is 14.6 Å². The Balaban J connectivity index is 1.28. The minimum Gasteiger partial charge on any atom is -0.356 e. The van der Waals surface area contributed by atoms with Crippen molar-refractivity contribution in [1.29, 1.82) is 0 Å². The maximum atomic E-state index is 14.6. The number of hydrogen-bond donors (Lipinski definition) is 2. The van der Waals surface area contributed by atoms with E-state index >= 15 is 0 Å². The average molecular weight is 499 g/mol. The second-order valence-electron chi connectivity index (χ2n) is 9.64. The molecule has 10 heteroatoms. The molecule has 1 saturated heterocycles. The van der Waals surface area contributed by atoms with E-state index in [0.717, 1.165) is 28.6 Å². The molecule has 2 aromatic carbocycles. The summed E-state index contributed by atoms with van der Waals surface area (Å²) in [5.41, 5.74) is 4.63. The highest BCUT2D eigenvalue weighted by atomic mass is 19.1. The first-order valence-electron chi connectivity index (χ1n) is 12.3. The van der Waals surface area contributed by atoms with Crippen molar-refractivity contribution in [2.24, 2.45) is 13.0 Å². The fraction of sp³-hybridized carbons (Fsp3) is 0.296. The highest BCUT2D eigenvalue weighted by Gasteiger charge is 2.33. The van der Waals surface area contributed by atoms with Crippen molar-refractivity contribution in [2.45, 2.75) is 19.3 Å². The third-order valence-corrected chi connectivity index (χ3v) is 7.14. The summed E-state index contributed by atoms with van der Waals surface area (Å²) in [6.07, 6.45) is 4.48. The van der Waals surface area contributed by atoms with Crippen LogP contribution >= 0.6 is 0 Å². The van der Waals surface area contributed by atoms with Gasteiger partial charge in [0.15, 0.2) is 0 Å². The minimum absolute atomic E-state index is 0.000342. The molecule has 9 nitrogen and oxygen atoms in total. The fourth-order valence-corrected chi connectivity index (χ4v) is 5.35. The number of aromatic nitrogens is 6. The minimum atomic E-state index is -0.205. The van der Waals surface area contributed by atoms with Crippen LogP contribution in [0.2, 0.25) is 0 Å². The number of fused-ring (bicyclic) bond motifs is 2. The van der Waals surface area contributed by atoms with Crippen molar-refractivity contribution in [2.75, 3.05) is 24.5 Å². The molecular formula is C27H27FN8O. The van der Waals surface area contributed by atoms with E-state index in [1.54, 1.807) is 16.9 Å². The predicted octanol–water partition coefficient (Wildman–Crippen LogP) is 3.79. The number of amides is 1. The molecule has 0 unspecified atom stereocenters. The van der Waals surface area contributed by atoms with Crippen LogP contribution in [0.1, 0.15) is 24.8 Å². The zero-order valence-corrected chi connectivity index (χ0v) is 20.6. The molecule has 0 saturated carbocycles. The second kappa shape index (κ2) is 9.27. The molecule has 0 radical (unpaired) electrons. The van der Waals surface area contributed by atoms with Gasteiger partial charge in [0.2, 0.25) is 11.6 Å². The molecular weight excluding hydrogens is 471 g/mol. The number of nitrogens with one attached hydrogen (secondary N) is 2. The van der Waals surface area contributed by atoms with E-state index in [4.69, 9.17) is 9.97 Å². The van der Waals surface area contributed by atoms with Crippen molar-refractivity contribution >= 4 is 33.8 Å². The van der Waals surface area contributed by atoms with Crippen LogP contribution in [0.5, 0.6) is 0 Å². The fourth-order valence-electron chi connectivity index (χ4n) is 5.35. The number of rotatable bonds is 5. The van der Waals surface area contributed by atoms with Crippen LogP contribution in [0.25, 0.3) is 33.3 Å². The molecule has 2 N–H and O–H groups in total. The van der Waals surface area contributed by atoms with Crippen molar-refractivity contribution in [1.82, 2.24) is 35.3 Å². The molecule has 1 aliphatic rings. The number of piperidine rings is 1. The van der Waals surface area contributed by atoms with Crippen molar-refractivity contribution in [3.63, 3.8) is 0 Å². The first-order chi connectivity index (χ1) is 18.0. The standard InChI is InChI=1S/C27H27FN8O/c1-16(37)29-12-19-15-36(10-9-20(19)21-5-3-4-6-22(21)28)24-13-30-26-25(32-33-27(26)31-24)17-7-8-23-18(11-17)14-35(2)34-23/h3-8,11,13-14,19-20H,9-10,12,15H2,1-2H3,(H,29,37)(H,31,32,33)/t19-,20+/m0/s1. The lowest BCUT2D eigenvalue weighted by Gasteiger charge is -2.39. The summed E-state index contributed by atoms with van der Waals surface area (Å²) >= 11 is 0. The number of aryl methyl sites for hydroxylation is 1. The van der Waals surface area contributed by atoms with Crippen molar-refractivity contribution in [3.8, 4) is 11.3 Å². The third-order valence-electron chi connectivity index (χ3n) is 7.14. The second-order valence-corrected chi connectivity index (χ2v) is 9.64. The van der Waals surface area contributed by atoms with Gasteiger partial charge >= 0.3 is 0 Å². The van der Waals surface area contributed by atoms with Gasteiger partial charge in [-0.15, -0.1) is 0 Å². The van der Waals surface area contributed by atoms with Crippen LogP contribution in [0.15, 0.2) is 54.9 Å². The van der Waals surface area contributed by atoms with Crippen LogP contribution in [-0.4, -0.2) is 55.5 Å². The van der Waals surface area contributed by atoms with Crippen molar-refractivity contribution < 1.29 is 9.18 Å². The first-order valence-corrected chi connectivity index (χ1v) is 12.3. The highest BCUT2D eigenvalue weighted by Crippen LogP contribution is 2.36. The maximum Gasteiger partial charge on any atom is 0.216 e. The molecule has 5 aromatic rings. The summed E-state index contributed by atoms with van der Waals surface area (Å²) in [7, 11) is 1.90. The van der Waals surface area contributed by atoms with Crippen LogP contribution < -0.4 is 10.2 Å². The topological polar surface area (TPSA) is 105 Å². The number of carbonyl (C=O) groups excluding carboxylic acids is 1. The third kappa shape index (κ3) is 4.39.